The Hall–Kier alpha value is -2.83. The van der Waals surface area contributed by atoms with Gasteiger partial charge in [0, 0.05) is 29.5 Å². The number of carboxylic acid groups (broad SMARTS) is 1. The second-order valence-corrected chi connectivity index (χ2v) is 6.76. The van der Waals surface area contributed by atoms with E-state index >= 15 is 0 Å². The van der Waals surface area contributed by atoms with Crippen LogP contribution in [0.15, 0.2) is 21.3 Å². The molecule has 0 unspecified atom stereocenters. The topological polar surface area (TPSA) is 106 Å². The van der Waals surface area contributed by atoms with Crippen molar-refractivity contribution < 1.29 is 23.8 Å². The summed E-state index contributed by atoms with van der Waals surface area (Å²) in [5, 5.41) is 12.1. The predicted octanol–water partition coefficient (Wildman–Crippen LogP) is 2.34. The van der Waals surface area contributed by atoms with Gasteiger partial charge in [0.05, 0.1) is 0 Å². The third-order valence-corrected chi connectivity index (χ3v) is 4.84. The molecule has 0 fully saturated rings. The number of aliphatic carboxylic acids is 1. The molecule has 144 valence electrons. The van der Waals surface area contributed by atoms with E-state index in [2.05, 4.69) is 5.32 Å². The Bertz CT molecular complexity index is 930. The van der Waals surface area contributed by atoms with Gasteiger partial charge in [-0.3, -0.25) is 9.59 Å². The highest BCUT2D eigenvalue weighted by Gasteiger charge is 2.20. The van der Waals surface area contributed by atoms with Crippen LogP contribution in [0.1, 0.15) is 42.4 Å². The van der Waals surface area contributed by atoms with Crippen LogP contribution in [0.5, 0.6) is 5.75 Å². The highest BCUT2D eigenvalue weighted by Crippen LogP contribution is 2.32. The summed E-state index contributed by atoms with van der Waals surface area (Å²) < 4.78 is 11.1. The molecule has 0 radical (unpaired) electrons. The lowest BCUT2D eigenvalue weighted by Crippen LogP contribution is -2.30. The Labute approximate surface area is 156 Å². The van der Waals surface area contributed by atoms with Crippen molar-refractivity contribution in [3.05, 3.63) is 39.2 Å². The van der Waals surface area contributed by atoms with E-state index in [1.165, 1.54) is 0 Å². The van der Waals surface area contributed by atoms with Crippen LogP contribution in [0.4, 0.5) is 0 Å². The minimum atomic E-state index is -0.893. The summed E-state index contributed by atoms with van der Waals surface area (Å²) >= 11 is 0. The number of rotatable bonds is 7. The number of benzene rings is 1. The first-order valence-electron chi connectivity index (χ1n) is 9.17. The first kappa shape index (κ1) is 18.9. The van der Waals surface area contributed by atoms with Crippen molar-refractivity contribution in [1.29, 1.82) is 0 Å². The second kappa shape index (κ2) is 8.24. The van der Waals surface area contributed by atoms with Gasteiger partial charge in [-0.1, -0.05) is 0 Å². The molecule has 1 aliphatic carbocycles. The fourth-order valence-corrected chi connectivity index (χ4v) is 3.44. The molecule has 7 nitrogen and oxygen atoms in total. The number of hydrogen-bond acceptors (Lipinski definition) is 5. The minimum absolute atomic E-state index is 0.00821. The summed E-state index contributed by atoms with van der Waals surface area (Å²) in [5.41, 5.74) is 2.77. The maximum Gasteiger partial charge on any atom is 0.339 e. The van der Waals surface area contributed by atoms with Crippen LogP contribution in [-0.2, 0) is 22.4 Å². The molecule has 1 amide bonds. The summed E-state index contributed by atoms with van der Waals surface area (Å²) in [6.45, 7) is 1.90. The van der Waals surface area contributed by atoms with Crippen LogP contribution >= 0.6 is 0 Å². The molecule has 2 aromatic rings. The van der Waals surface area contributed by atoms with E-state index in [0.29, 0.717) is 23.3 Å². The van der Waals surface area contributed by atoms with Gasteiger partial charge in [0.2, 0.25) is 0 Å². The normalized spacial score (nSPS) is 13.2. The van der Waals surface area contributed by atoms with Crippen molar-refractivity contribution >= 4 is 22.8 Å². The molecule has 2 N–H and O–H groups in total. The molecule has 7 heteroatoms. The van der Waals surface area contributed by atoms with Gasteiger partial charge >= 0.3 is 11.6 Å². The zero-order valence-corrected chi connectivity index (χ0v) is 15.3. The van der Waals surface area contributed by atoms with E-state index in [1.54, 1.807) is 13.0 Å². The molecule has 0 saturated carbocycles. The molecular formula is C20H23NO6. The quantitative estimate of drug-likeness (QED) is 0.570. The Kier molecular flexibility index (Phi) is 5.78. The fraction of sp³-hybridized carbons (Fsp3) is 0.450. The zero-order chi connectivity index (χ0) is 19.4. The SMILES string of the molecule is Cc1c(OCC(=O)NCCCC(=O)O)ccc2c3c(c(=O)oc12)CCCC3. The predicted molar refractivity (Wildman–Crippen MR) is 99.2 cm³/mol. The average Bonchev–Trinajstić information content (AvgIpc) is 2.65. The van der Waals surface area contributed by atoms with Crippen molar-refractivity contribution in [3.63, 3.8) is 0 Å². The van der Waals surface area contributed by atoms with Crippen LogP contribution in [0.3, 0.4) is 0 Å². The third-order valence-electron chi connectivity index (χ3n) is 4.84. The number of ether oxygens (including phenoxy) is 1. The zero-order valence-electron chi connectivity index (χ0n) is 15.3. The number of carbonyl (C=O) groups excluding carboxylic acids is 1. The first-order valence-corrected chi connectivity index (χ1v) is 9.17. The Morgan fingerprint density at radius 1 is 1.22 bits per heavy atom. The van der Waals surface area contributed by atoms with Crippen molar-refractivity contribution in [3.8, 4) is 5.75 Å². The first-order chi connectivity index (χ1) is 13.0. The van der Waals surface area contributed by atoms with Gasteiger partial charge in [0.25, 0.3) is 5.91 Å². The van der Waals surface area contributed by atoms with E-state index < -0.39 is 5.97 Å². The van der Waals surface area contributed by atoms with Gasteiger partial charge in [-0.2, -0.15) is 0 Å². The molecule has 3 rings (SSSR count). The summed E-state index contributed by atoms with van der Waals surface area (Å²) in [4.78, 5) is 34.6. The number of fused-ring (bicyclic) bond motifs is 3. The fourth-order valence-electron chi connectivity index (χ4n) is 3.44. The van der Waals surface area contributed by atoms with Gasteiger partial charge in [0.1, 0.15) is 11.3 Å². The van der Waals surface area contributed by atoms with Crippen LogP contribution in [0.2, 0.25) is 0 Å². The highest BCUT2D eigenvalue weighted by molar-refractivity contribution is 5.86. The maximum atomic E-state index is 12.3. The number of carboxylic acids is 1. The summed E-state index contributed by atoms with van der Waals surface area (Å²) in [6, 6.07) is 3.68. The van der Waals surface area contributed by atoms with Crippen molar-refractivity contribution in [2.24, 2.45) is 0 Å². The van der Waals surface area contributed by atoms with E-state index in [9.17, 15) is 14.4 Å². The van der Waals surface area contributed by atoms with Crippen LogP contribution in [0, 0.1) is 6.92 Å². The number of nitrogens with one attached hydrogen (secondary N) is 1. The molecule has 0 spiro atoms. The van der Waals surface area contributed by atoms with E-state index in [1.807, 2.05) is 6.07 Å². The van der Waals surface area contributed by atoms with Gasteiger partial charge in [-0.15, -0.1) is 0 Å². The molecule has 0 bridgehead atoms. The third kappa shape index (κ3) is 4.30. The molecule has 0 saturated heterocycles. The smallest absolute Gasteiger partial charge is 0.339 e. The van der Waals surface area contributed by atoms with Crippen LogP contribution in [-0.4, -0.2) is 30.1 Å². The molecule has 1 aromatic carbocycles. The van der Waals surface area contributed by atoms with Gasteiger partial charge in [-0.05, 0) is 56.7 Å². The van der Waals surface area contributed by atoms with Gasteiger partial charge in [0.15, 0.2) is 6.61 Å². The highest BCUT2D eigenvalue weighted by atomic mass is 16.5. The van der Waals surface area contributed by atoms with E-state index in [-0.39, 0.29) is 31.1 Å². The van der Waals surface area contributed by atoms with Gasteiger partial charge in [-0.25, -0.2) is 4.79 Å². The lowest BCUT2D eigenvalue weighted by Gasteiger charge is -2.18. The average molecular weight is 373 g/mol. The molecule has 27 heavy (non-hydrogen) atoms. The van der Waals surface area contributed by atoms with Gasteiger partial charge < -0.3 is 19.6 Å². The molecule has 1 aromatic heterocycles. The van der Waals surface area contributed by atoms with Crippen LogP contribution in [0.25, 0.3) is 11.0 Å². The number of aryl methyl sites for hydroxylation is 2. The van der Waals surface area contributed by atoms with Crippen LogP contribution < -0.4 is 15.7 Å². The summed E-state index contributed by atoms with van der Waals surface area (Å²) in [5.74, 6) is -0.732. The van der Waals surface area contributed by atoms with E-state index in [0.717, 1.165) is 42.2 Å². The summed E-state index contributed by atoms with van der Waals surface area (Å²) in [6.07, 6.45) is 4.07. The summed E-state index contributed by atoms with van der Waals surface area (Å²) in [7, 11) is 0. The Balaban J connectivity index is 1.71. The largest absolute Gasteiger partial charge is 0.483 e. The monoisotopic (exact) mass is 373 g/mol. The number of hydrogen-bond donors (Lipinski definition) is 2. The van der Waals surface area contributed by atoms with Crippen molar-refractivity contribution in [2.75, 3.05) is 13.2 Å². The van der Waals surface area contributed by atoms with Crippen molar-refractivity contribution in [1.82, 2.24) is 5.32 Å². The minimum Gasteiger partial charge on any atom is -0.483 e. The lowest BCUT2D eigenvalue weighted by molar-refractivity contribution is -0.137. The number of carbonyl (C=O) groups is 2. The number of amides is 1. The molecule has 1 heterocycles. The maximum absolute atomic E-state index is 12.3. The standard InChI is InChI=1S/C20H23NO6/c1-12-16(26-11-17(22)21-10-4-7-18(23)24)9-8-14-13-5-2-3-6-15(13)20(25)27-19(12)14/h8-9H,2-7,10-11H2,1H3,(H,21,22)(H,23,24). The molecule has 0 atom stereocenters. The Morgan fingerprint density at radius 3 is 2.70 bits per heavy atom. The van der Waals surface area contributed by atoms with Crippen molar-refractivity contribution in [2.45, 2.75) is 45.4 Å². The second-order valence-electron chi connectivity index (χ2n) is 6.76. The Morgan fingerprint density at radius 2 is 1.96 bits per heavy atom. The molecule has 0 aliphatic heterocycles. The lowest BCUT2D eigenvalue weighted by atomic mass is 9.90. The molecular weight excluding hydrogens is 350 g/mol. The van der Waals surface area contributed by atoms with E-state index in [4.69, 9.17) is 14.3 Å². The molecule has 1 aliphatic rings.